The molecular weight excluding hydrogens is 482 g/mol. The first-order chi connectivity index (χ1) is 17.7. The van der Waals surface area contributed by atoms with E-state index in [9.17, 15) is 0 Å². The van der Waals surface area contributed by atoms with Crippen molar-refractivity contribution in [2.45, 2.75) is 85.4 Å². The van der Waals surface area contributed by atoms with Crippen LogP contribution < -0.4 is 16.0 Å². The van der Waals surface area contributed by atoms with Gasteiger partial charge in [-0.3, -0.25) is 9.80 Å². The minimum absolute atomic E-state index is 0.445. The Morgan fingerprint density at radius 2 is 1.86 bits per heavy atom. The van der Waals surface area contributed by atoms with Gasteiger partial charge in [0.25, 0.3) is 0 Å². The van der Waals surface area contributed by atoms with E-state index >= 15 is 0 Å². The fourth-order valence-electron chi connectivity index (χ4n) is 5.86. The highest BCUT2D eigenvalue weighted by atomic mass is 35.5. The Labute approximate surface area is 229 Å². The Morgan fingerprint density at radius 3 is 2.46 bits per heavy atom. The van der Waals surface area contributed by atoms with Gasteiger partial charge in [0.05, 0.1) is 11.4 Å². The van der Waals surface area contributed by atoms with E-state index in [1.807, 2.05) is 26.8 Å². The number of anilines is 2. The van der Waals surface area contributed by atoms with Gasteiger partial charge in [-0.2, -0.15) is 0 Å². The van der Waals surface area contributed by atoms with E-state index in [0.29, 0.717) is 29.6 Å². The highest BCUT2D eigenvalue weighted by Crippen LogP contribution is 2.29. The van der Waals surface area contributed by atoms with Gasteiger partial charge in [0.15, 0.2) is 11.6 Å². The van der Waals surface area contributed by atoms with Crippen molar-refractivity contribution in [3.63, 3.8) is 0 Å². The predicted molar refractivity (Wildman–Crippen MR) is 159 cm³/mol. The summed E-state index contributed by atoms with van der Waals surface area (Å²) in [6, 6.07) is 1.60. The maximum absolute atomic E-state index is 6.31. The third-order valence-corrected chi connectivity index (χ3v) is 8.16. The van der Waals surface area contributed by atoms with Crippen LogP contribution >= 0.6 is 11.6 Å². The van der Waals surface area contributed by atoms with Crippen molar-refractivity contribution in [1.82, 2.24) is 25.1 Å². The second kappa shape index (κ2) is 13.6. The summed E-state index contributed by atoms with van der Waals surface area (Å²) in [7, 11) is 0. The van der Waals surface area contributed by atoms with Crippen LogP contribution in [0.25, 0.3) is 5.70 Å². The standard InChI is InChI=1S/C29H48ClN7/c1-8-24(12-11-20(4)30)23(7)35-15-13-26(14-16-35)37-18-17-36(19-25(37)9-2)29-22(6)33-27(28(31)34-29)21(5)32-10-3/h11-12,23,25-26,32H,5,8-10,13-19H2,1-4,6-7H3,(H2,31,34)/b20-11+,24-12+. The summed E-state index contributed by atoms with van der Waals surface area (Å²) in [6.45, 7) is 23.0. The lowest BCUT2D eigenvalue weighted by Crippen LogP contribution is -2.59. The third kappa shape index (κ3) is 7.27. The monoisotopic (exact) mass is 529 g/mol. The minimum atomic E-state index is 0.445. The molecule has 8 heteroatoms. The normalized spacial score (nSPS) is 21.8. The zero-order chi connectivity index (χ0) is 27.1. The summed E-state index contributed by atoms with van der Waals surface area (Å²) in [5, 5.41) is 4.04. The molecule has 2 unspecified atom stereocenters. The minimum Gasteiger partial charge on any atom is -0.384 e. The molecule has 0 radical (unpaired) electrons. The first-order valence-electron chi connectivity index (χ1n) is 14.0. The number of aryl methyl sites for hydroxylation is 1. The van der Waals surface area contributed by atoms with E-state index in [-0.39, 0.29) is 0 Å². The lowest BCUT2D eigenvalue weighted by molar-refractivity contribution is 0.0559. The molecule has 0 aliphatic carbocycles. The molecule has 3 heterocycles. The number of allylic oxidation sites excluding steroid dienone is 3. The topological polar surface area (TPSA) is 73.6 Å². The van der Waals surface area contributed by atoms with Gasteiger partial charge in [-0.15, -0.1) is 0 Å². The second-order valence-electron chi connectivity index (χ2n) is 10.4. The number of hydrogen-bond donors (Lipinski definition) is 2. The van der Waals surface area contributed by atoms with Gasteiger partial charge in [0.1, 0.15) is 5.69 Å². The molecule has 37 heavy (non-hydrogen) atoms. The van der Waals surface area contributed by atoms with Gasteiger partial charge in [-0.25, -0.2) is 9.97 Å². The molecule has 2 saturated heterocycles. The predicted octanol–water partition coefficient (Wildman–Crippen LogP) is 5.18. The van der Waals surface area contributed by atoms with E-state index < -0.39 is 0 Å². The SMILES string of the molecule is C=C(NCC)c1nc(C)c(N2CCN(C3CCN(C(C)/C(=C/C=C(\C)Cl)CC)CC3)C(CC)C2)nc1N. The smallest absolute Gasteiger partial charge is 0.154 e. The molecule has 2 aliphatic rings. The van der Waals surface area contributed by atoms with Gasteiger partial charge in [0.2, 0.25) is 0 Å². The van der Waals surface area contributed by atoms with Crippen LogP contribution in [0.5, 0.6) is 0 Å². The number of nitrogens with zero attached hydrogens (tertiary/aromatic N) is 5. The Kier molecular flexibility index (Phi) is 10.9. The van der Waals surface area contributed by atoms with Crippen molar-refractivity contribution in [3.8, 4) is 0 Å². The molecule has 206 valence electrons. The molecule has 2 atom stereocenters. The molecule has 1 aromatic rings. The van der Waals surface area contributed by atoms with Gasteiger partial charge < -0.3 is 16.0 Å². The van der Waals surface area contributed by atoms with Crippen molar-refractivity contribution in [2.24, 2.45) is 0 Å². The summed E-state index contributed by atoms with van der Waals surface area (Å²) < 4.78 is 0. The molecular formula is C29H48ClN7. The Morgan fingerprint density at radius 1 is 1.16 bits per heavy atom. The van der Waals surface area contributed by atoms with E-state index in [0.717, 1.165) is 74.4 Å². The number of hydrogen-bond acceptors (Lipinski definition) is 7. The fraction of sp³-hybridized carbons (Fsp3) is 0.655. The van der Waals surface area contributed by atoms with Crippen LogP contribution in [0.3, 0.4) is 0 Å². The quantitative estimate of drug-likeness (QED) is 0.404. The largest absolute Gasteiger partial charge is 0.384 e. The third-order valence-electron chi connectivity index (χ3n) is 8.03. The Bertz CT molecular complexity index is 977. The highest BCUT2D eigenvalue weighted by molar-refractivity contribution is 6.29. The average molecular weight is 530 g/mol. The number of likely N-dealkylation sites (tertiary alicyclic amines) is 1. The summed E-state index contributed by atoms with van der Waals surface area (Å²) >= 11 is 6.07. The number of piperazine rings is 1. The summed E-state index contributed by atoms with van der Waals surface area (Å²) in [4.78, 5) is 17.3. The molecule has 0 aromatic carbocycles. The van der Waals surface area contributed by atoms with Crippen molar-refractivity contribution in [1.29, 1.82) is 0 Å². The average Bonchev–Trinajstić information content (AvgIpc) is 2.89. The van der Waals surface area contributed by atoms with Crippen LogP contribution in [0.15, 0.2) is 29.3 Å². The van der Waals surface area contributed by atoms with E-state index in [2.05, 4.69) is 53.4 Å². The maximum Gasteiger partial charge on any atom is 0.154 e. The zero-order valence-electron chi connectivity index (χ0n) is 23.9. The lowest BCUT2D eigenvalue weighted by atomic mass is 9.95. The molecule has 0 spiro atoms. The number of nitrogens with one attached hydrogen (secondary N) is 1. The second-order valence-corrected chi connectivity index (χ2v) is 11.0. The Hall–Kier alpha value is -2.09. The van der Waals surface area contributed by atoms with Crippen LogP contribution in [0.1, 0.15) is 71.7 Å². The summed E-state index contributed by atoms with van der Waals surface area (Å²) in [5.41, 5.74) is 10.1. The number of nitrogen functional groups attached to an aromatic ring is 1. The number of piperidine rings is 1. The summed E-state index contributed by atoms with van der Waals surface area (Å²) in [5.74, 6) is 1.35. The van der Waals surface area contributed by atoms with Crippen molar-refractivity contribution < 1.29 is 0 Å². The zero-order valence-corrected chi connectivity index (χ0v) is 24.6. The number of halogens is 1. The highest BCUT2D eigenvalue weighted by Gasteiger charge is 2.35. The van der Waals surface area contributed by atoms with E-state index in [4.69, 9.17) is 27.3 Å². The maximum atomic E-state index is 6.31. The Balaban J connectivity index is 1.63. The molecule has 0 bridgehead atoms. The lowest BCUT2D eigenvalue weighted by Gasteiger charge is -2.48. The van der Waals surface area contributed by atoms with Crippen LogP contribution in [0.4, 0.5) is 11.6 Å². The molecule has 3 N–H and O–H groups in total. The van der Waals surface area contributed by atoms with Gasteiger partial charge >= 0.3 is 0 Å². The first kappa shape index (κ1) is 29.5. The number of aromatic nitrogens is 2. The molecule has 3 rings (SSSR count). The molecule has 0 saturated carbocycles. The number of nitrogens with two attached hydrogens (primary N) is 1. The van der Waals surface area contributed by atoms with Crippen LogP contribution in [0.2, 0.25) is 0 Å². The van der Waals surface area contributed by atoms with Crippen molar-refractivity contribution in [2.75, 3.05) is 49.9 Å². The number of rotatable bonds is 10. The van der Waals surface area contributed by atoms with Crippen LogP contribution in [-0.2, 0) is 0 Å². The molecule has 1 aromatic heterocycles. The van der Waals surface area contributed by atoms with Crippen molar-refractivity contribution in [3.05, 3.63) is 40.7 Å². The van der Waals surface area contributed by atoms with Gasteiger partial charge in [-0.1, -0.05) is 43.7 Å². The fourth-order valence-corrected chi connectivity index (χ4v) is 5.92. The molecule has 7 nitrogen and oxygen atoms in total. The van der Waals surface area contributed by atoms with E-state index in [1.165, 1.54) is 18.4 Å². The molecule has 2 fully saturated rings. The van der Waals surface area contributed by atoms with E-state index in [1.54, 1.807) is 0 Å². The first-order valence-corrected chi connectivity index (χ1v) is 14.4. The summed E-state index contributed by atoms with van der Waals surface area (Å²) in [6.07, 6.45) is 8.85. The van der Waals surface area contributed by atoms with Crippen LogP contribution in [0, 0.1) is 6.92 Å². The molecule has 2 aliphatic heterocycles. The molecule has 0 amide bonds. The van der Waals surface area contributed by atoms with Gasteiger partial charge in [0, 0.05) is 62.4 Å². The van der Waals surface area contributed by atoms with Crippen molar-refractivity contribution >= 4 is 28.9 Å². The van der Waals surface area contributed by atoms with Crippen LogP contribution in [-0.4, -0.2) is 77.2 Å². The van der Waals surface area contributed by atoms with Gasteiger partial charge in [-0.05, 0) is 59.5 Å².